The van der Waals surface area contributed by atoms with Crippen molar-refractivity contribution in [2.24, 2.45) is 0 Å². The molecule has 8 nitrogen and oxygen atoms in total. The van der Waals surface area contributed by atoms with Crippen LogP contribution in [-0.4, -0.2) is 90.2 Å². The quantitative estimate of drug-likeness (QED) is 0.578. The Morgan fingerprint density at radius 2 is 1.91 bits per heavy atom. The van der Waals surface area contributed by atoms with Gasteiger partial charge in [0.15, 0.2) is 5.69 Å². The van der Waals surface area contributed by atoms with Crippen LogP contribution in [0.2, 0.25) is 0 Å². The molecule has 3 aromatic rings. The fourth-order valence-corrected chi connectivity index (χ4v) is 3.88. The zero-order valence-corrected chi connectivity index (χ0v) is 18.6. The van der Waals surface area contributed by atoms with Gasteiger partial charge in [-0.05, 0) is 11.6 Å². The van der Waals surface area contributed by atoms with Gasteiger partial charge in [-0.3, -0.25) is 14.4 Å². The summed E-state index contributed by atoms with van der Waals surface area (Å²) in [4.78, 5) is 16.5. The summed E-state index contributed by atoms with van der Waals surface area (Å²) < 4.78 is 13.2. The van der Waals surface area contributed by atoms with E-state index in [-0.39, 0.29) is 12.5 Å². The van der Waals surface area contributed by atoms with Crippen LogP contribution in [0.3, 0.4) is 0 Å². The maximum absolute atomic E-state index is 12.8. The Morgan fingerprint density at radius 3 is 2.62 bits per heavy atom. The smallest absolute Gasteiger partial charge is 0.274 e. The van der Waals surface area contributed by atoms with E-state index in [1.54, 1.807) is 14.1 Å². The van der Waals surface area contributed by atoms with Crippen LogP contribution in [0.15, 0.2) is 48.5 Å². The summed E-state index contributed by atoms with van der Waals surface area (Å²) in [5.74, 6) is 0.441. The van der Waals surface area contributed by atoms with E-state index in [2.05, 4.69) is 10.00 Å². The zero-order chi connectivity index (χ0) is 22.5. The highest BCUT2D eigenvalue weighted by Gasteiger charge is 2.22. The summed E-state index contributed by atoms with van der Waals surface area (Å²) in [6, 6.07) is 15.6. The van der Waals surface area contributed by atoms with Crippen molar-refractivity contribution in [2.45, 2.75) is 12.6 Å². The second-order valence-corrected chi connectivity index (χ2v) is 8.22. The number of β-amino-alcohol motifs (C(OH)–C–C–N with tert-alkyl or cyclic N) is 1. The van der Waals surface area contributed by atoms with Crippen molar-refractivity contribution in [3.63, 3.8) is 0 Å². The van der Waals surface area contributed by atoms with E-state index < -0.39 is 6.10 Å². The van der Waals surface area contributed by atoms with Crippen LogP contribution in [0.5, 0.6) is 5.75 Å². The fourth-order valence-electron chi connectivity index (χ4n) is 3.88. The molecule has 1 atom stereocenters. The topological polar surface area (TPSA) is 80.1 Å². The van der Waals surface area contributed by atoms with Crippen molar-refractivity contribution < 1.29 is 19.4 Å². The molecule has 1 fully saturated rings. The van der Waals surface area contributed by atoms with Crippen molar-refractivity contribution in [2.75, 3.05) is 53.6 Å². The number of hydrogen-bond acceptors (Lipinski definition) is 6. The van der Waals surface area contributed by atoms with Crippen LogP contribution in [0.25, 0.3) is 10.9 Å². The van der Waals surface area contributed by atoms with Gasteiger partial charge >= 0.3 is 0 Å². The van der Waals surface area contributed by atoms with Crippen LogP contribution >= 0.6 is 0 Å². The molecule has 1 aromatic heterocycles. The third-order valence-electron chi connectivity index (χ3n) is 5.52. The third kappa shape index (κ3) is 5.09. The van der Waals surface area contributed by atoms with Gasteiger partial charge in [-0.15, -0.1) is 0 Å². The number of ether oxygens (including phenoxy) is 2. The first kappa shape index (κ1) is 22.3. The van der Waals surface area contributed by atoms with Crippen molar-refractivity contribution in [3.05, 3.63) is 59.8 Å². The number of morpholine rings is 1. The fraction of sp³-hybridized carbons (Fsp3) is 0.417. The molecule has 0 radical (unpaired) electrons. The first-order valence-electron chi connectivity index (χ1n) is 10.9. The molecule has 1 amide bonds. The second kappa shape index (κ2) is 10.1. The lowest BCUT2D eigenvalue weighted by Crippen LogP contribution is -2.42. The van der Waals surface area contributed by atoms with Gasteiger partial charge in [0.25, 0.3) is 5.91 Å². The molecule has 0 bridgehead atoms. The van der Waals surface area contributed by atoms with Crippen LogP contribution in [0.4, 0.5) is 0 Å². The van der Waals surface area contributed by atoms with E-state index in [0.717, 1.165) is 29.6 Å². The van der Waals surface area contributed by atoms with Gasteiger partial charge in [0.05, 0.1) is 19.8 Å². The van der Waals surface area contributed by atoms with Crippen LogP contribution < -0.4 is 4.74 Å². The maximum atomic E-state index is 12.8. The summed E-state index contributed by atoms with van der Waals surface area (Å²) in [6.07, 6.45) is -0.628. The maximum Gasteiger partial charge on any atom is 0.274 e. The number of benzene rings is 2. The van der Waals surface area contributed by atoms with Crippen LogP contribution in [0, 0.1) is 0 Å². The second-order valence-electron chi connectivity index (χ2n) is 8.22. The van der Waals surface area contributed by atoms with E-state index in [1.807, 2.05) is 53.2 Å². The molecule has 1 N–H and O–H groups in total. The number of hydrogen-bond donors (Lipinski definition) is 1. The number of aliphatic hydroxyl groups is 1. The van der Waals surface area contributed by atoms with Gasteiger partial charge in [0, 0.05) is 39.1 Å². The summed E-state index contributed by atoms with van der Waals surface area (Å²) >= 11 is 0. The van der Waals surface area contributed by atoms with Gasteiger partial charge in [0.2, 0.25) is 0 Å². The van der Waals surface area contributed by atoms with Gasteiger partial charge in [-0.1, -0.05) is 42.5 Å². The molecule has 1 saturated heterocycles. The highest BCUT2D eigenvalue weighted by Crippen LogP contribution is 2.29. The normalized spacial score (nSPS) is 15.6. The lowest BCUT2D eigenvalue weighted by Gasteiger charge is -2.28. The molecule has 1 aliphatic heterocycles. The Hall–Kier alpha value is -2.94. The Kier molecular flexibility index (Phi) is 7.04. The van der Waals surface area contributed by atoms with Crippen LogP contribution in [0.1, 0.15) is 16.1 Å². The SMILES string of the molecule is CN(C)C(=O)c1nn(Cc2ccccc2)c2c(OC[C@@H](O)CN3CCOCC3)cccc12. The minimum Gasteiger partial charge on any atom is -0.489 e. The molecule has 170 valence electrons. The molecule has 2 heterocycles. The van der Waals surface area contributed by atoms with Crippen LogP contribution in [-0.2, 0) is 11.3 Å². The molecule has 0 saturated carbocycles. The van der Waals surface area contributed by atoms with Gasteiger partial charge in [-0.25, -0.2) is 0 Å². The highest BCUT2D eigenvalue weighted by molar-refractivity contribution is 6.06. The van der Waals surface area contributed by atoms with Gasteiger partial charge in [0.1, 0.15) is 24.0 Å². The molecule has 4 rings (SSSR count). The molecule has 1 aliphatic rings. The molecule has 8 heteroatoms. The highest BCUT2D eigenvalue weighted by atomic mass is 16.5. The first-order valence-corrected chi connectivity index (χ1v) is 10.9. The lowest BCUT2D eigenvalue weighted by atomic mass is 10.1. The molecule has 0 aliphatic carbocycles. The molecule has 32 heavy (non-hydrogen) atoms. The number of nitrogens with zero attached hydrogens (tertiary/aromatic N) is 4. The minimum absolute atomic E-state index is 0.157. The molecular formula is C24H30N4O4. The van der Waals surface area contributed by atoms with Gasteiger partial charge < -0.3 is 19.5 Å². The standard InChI is InChI=1S/C24H30N4O4/c1-26(2)24(30)22-20-9-6-10-21(32-17-19(29)16-27-11-13-31-14-12-27)23(20)28(25-22)15-18-7-4-3-5-8-18/h3-10,19,29H,11-17H2,1-2H3/t19-/m0/s1. The number of amides is 1. The largest absolute Gasteiger partial charge is 0.489 e. The number of aromatic nitrogens is 2. The van der Waals surface area contributed by atoms with Gasteiger partial charge in [-0.2, -0.15) is 5.10 Å². The van der Waals surface area contributed by atoms with Crippen molar-refractivity contribution in [3.8, 4) is 5.75 Å². The van der Waals surface area contributed by atoms with Crippen molar-refractivity contribution in [1.29, 1.82) is 0 Å². The average Bonchev–Trinajstić information content (AvgIpc) is 3.17. The number of rotatable bonds is 8. The van der Waals surface area contributed by atoms with E-state index in [9.17, 15) is 9.90 Å². The molecule has 0 spiro atoms. The predicted molar refractivity (Wildman–Crippen MR) is 122 cm³/mol. The van der Waals surface area contributed by atoms with E-state index in [1.165, 1.54) is 4.90 Å². The Bertz CT molecular complexity index is 1040. The van der Waals surface area contributed by atoms with E-state index in [0.29, 0.717) is 37.7 Å². The predicted octanol–water partition coefficient (Wildman–Crippen LogP) is 1.86. The first-order chi connectivity index (χ1) is 15.5. The van der Waals surface area contributed by atoms with Crippen molar-refractivity contribution >= 4 is 16.8 Å². The summed E-state index contributed by atoms with van der Waals surface area (Å²) in [5, 5.41) is 15.9. The molecular weight excluding hydrogens is 408 g/mol. The zero-order valence-electron chi connectivity index (χ0n) is 18.6. The number of fused-ring (bicyclic) bond motifs is 1. The Labute approximate surface area is 187 Å². The molecule has 2 aromatic carbocycles. The van der Waals surface area contributed by atoms with Crippen molar-refractivity contribution in [1.82, 2.24) is 19.6 Å². The number of carbonyl (C=O) groups is 1. The summed E-state index contributed by atoms with van der Waals surface area (Å²) in [6.45, 7) is 4.20. The third-order valence-corrected chi connectivity index (χ3v) is 5.52. The number of aliphatic hydroxyl groups excluding tert-OH is 1. The number of para-hydroxylation sites is 1. The van der Waals surface area contributed by atoms with E-state index >= 15 is 0 Å². The Balaban J connectivity index is 1.60. The van der Waals surface area contributed by atoms with E-state index in [4.69, 9.17) is 9.47 Å². The summed E-state index contributed by atoms with van der Waals surface area (Å²) in [7, 11) is 3.43. The minimum atomic E-state index is -0.628. The monoisotopic (exact) mass is 438 g/mol. The number of carbonyl (C=O) groups excluding carboxylic acids is 1. The lowest BCUT2D eigenvalue weighted by molar-refractivity contribution is 0.00476. The Morgan fingerprint density at radius 1 is 1.16 bits per heavy atom. The molecule has 0 unspecified atom stereocenters. The average molecular weight is 439 g/mol. The summed E-state index contributed by atoms with van der Waals surface area (Å²) in [5.41, 5.74) is 2.21.